The Morgan fingerprint density at radius 3 is 3.08 bits per heavy atom. The van der Waals surface area contributed by atoms with E-state index in [0.29, 0.717) is 6.54 Å². The molecular formula is C8H14N2O2. The van der Waals surface area contributed by atoms with Crippen LogP contribution in [0.3, 0.4) is 0 Å². The highest BCUT2D eigenvalue weighted by Crippen LogP contribution is 1.99. The van der Waals surface area contributed by atoms with Crippen molar-refractivity contribution in [1.82, 2.24) is 10.4 Å². The first kappa shape index (κ1) is 9.22. The molecule has 0 unspecified atom stereocenters. The Hall–Kier alpha value is -0.870. The van der Waals surface area contributed by atoms with E-state index < -0.39 is 0 Å². The zero-order valence-corrected chi connectivity index (χ0v) is 7.25. The van der Waals surface area contributed by atoms with Crippen LogP contribution in [0, 0.1) is 0 Å². The SMILES string of the molecule is CONC(=O)CN1CC=CCC1. The predicted molar refractivity (Wildman–Crippen MR) is 45.3 cm³/mol. The van der Waals surface area contributed by atoms with Crippen LogP contribution in [0.4, 0.5) is 0 Å². The molecule has 0 radical (unpaired) electrons. The molecule has 0 saturated carbocycles. The zero-order chi connectivity index (χ0) is 8.81. The third-order valence-electron chi connectivity index (χ3n) is 1.73. The van der Waals surface area contributed by atoms with Crippen molar-refractivity contribution in [3.05, 3.63) is 12.2 Å². The van der Waals surface area contributed by atoms with Crippen LogP contribution in [0.25, 0.3) is 0 Å². The Morgan fingerprint density at radius 1 is 1.67 bits per heavy atom. The standard InChI is InChI=1S/C8H14N2O2/c1-12-9-8(11)7-10-5-3-2-4-6-10/h2-3H,4-7H2,1H3,(H,9,11). The number of carbonyl (C=O) groups is 1. The van der Waals surface area contributed by atoms with Crippen molar-refractivity contribution in [2.24, 2.45) is 0 Å². The van der Waals surface area contributed by atoms with E-state index in [1.807, 2.05) is 0 Å². The summed E-state index contributed by atoms with van der Waals surface area (Å²) in [6.45, 7) is 2.23. The molecule has 12 heavy (non-hydrogen) atoms. The van der Waals surface area contributed by atoms with Gasteiger partial charge in [0.15, 0.2) is 0 Å². The van der Waals surface area contributed by atoms with Crippen LogP contribution in [0.5, 0.6) is 0 Å². The molecule has 68 valence electrons. The fraction of sp³-hybridized carbons (Fsp3) is 0.625. The van der Waals surface area contributed by atoms with Crippen LogP contribution in [0.15, 0.2) is 12.2 Å². The summed E-state index contributed by atoms with van der Waals surface area (Å²) in [5.74, 6) is -0.0900. The van der Waals surface area contributed by atoms with Gasteiger partial charge in [-0.15, -0.1) is 0 Å². The molecule has 1 aliphatic rings. The van der Waals surface area contributed by atoms with E-state index in [1.165, 1.54) is 7.11 Å². The quantitative estimate of drug-likeness (QED) is 0.476. The molecule has 0 aromatic rings. The number of hydrogen-bond acceptors (Lipinski definition) is 3. The maximum absolute atomic E-state index is 11.0. The van der Waals surface area contributed by atoms with E-state index in [0.717, 1.165) is 19.5 Å². The first-order valence-electron chi connectivity index (χ1n) is 4.02. The van der Waals surface area contributed by atoms with Crippen molar-refractivity contribution in [2.75, 3.05) is 26.7 Å². The monoisotopic (exact) mass is 170 g/mol. The van der Waals surface area contributed by atoms with Crippen molar-refractivity contribution in [1.29, 1.82) is 0 Å². The summed E-state index contributed by atoms with van der Waals surface area (Å²) in [5.41, 5.74) is 2.29. The molecule has 1 amide bonds. The highest BCUT2D eigenvalue weighted by Gasteiger charge is 2.09. The van der Waals surface area contributed by atoms with Crippen molar-refractivity contribution in [2.45, 2.75) is 6.42 Å². The van der Waals surface area contributed by atoms with Gasteiger partial charge in [-0.3, -0.25) is 14.5 Å². The Labute approximate surface area is 72.1 Å². The third-order valence-corrected chi connectivity index (χ3v) is 1.73. The maximum Gasteiger partial charge on any atom is 0.257 e. The van der Waals surface area contributed by atoms with Crippen LogP contribution < -0.4 is 5.48 Å². The molecule has 0 bridgehead atoms. The number of hydroxylamine groups is 1. The van der Waals surface area contributed by atoms with Crippen LogP contribution in [-0.4, -0.2) is 37.6 Å². The summed E-state index contributed by atoms with van der Waals surface area (Å²) in [5, 5.41) is 0. The normalized spacial score (nSPS) is 17.8. The second-order valence-corrected chi connectivity index (χ2v) is 2.72. The number of nitrogens with one attached hydrogen (secondary N) is 1. The average molecular weight is 170 g/mol. The number of rotatable bonds is 3. The summed E-state index contributed by atoms with van der Waals surface area (Å²) in [4.78, 5) is 17.6. The predicted octanol–water partition coefficient (Wildman–Crippen LogP) is -0.0741. The fourth-order valence-corrected chi connectivity index (χ4v) is 1.18. The van der Waals surface area contributed by atoms with Gasteiger partial charge in [-0.1, -0.05) is 12.2 Å². The van der Waals surface area contributed by atoms with Gasteiger partial charge >= 0.3 is 0 Å². The van der Waals surface area contributed by atoms with Crippen molar-refractivity contribution in [3.8, 4) is 0 Å². The minimum Gasteiger partial charge on any atom is -0.290 e. The molecule has 0 aliphatic carbocycles. The van der Waals surface area contributed by atoms with Gasteiger partial charge in [0.25, 0.3) is 5.91 Å². The lowest BCUT2D eigenvalue weighted by Crippen LogP contribution is -2.38. The minimum atomic E-state index is -0.0900. The van der Waals surface area contributed by atoms with Gasteiger partial charge in [-0.05, 0) is 6.42 Å². The molecule has 1 rings (SSSR count). The minimum absolute atomic E-state index is 0.0900. The molecule has 0 fully saturated rings. The molecule has 0 atom stereocenters. The topological polar surface area (TPSA) is 41.6 Å². The van der Waals surface area contributed by atoms with Gasteiger partial charge in [0.05, 0.1) is 13.7 Å². The van der Waals surface area contributed by atoms with Gasteiger partial charge in [0.1, 0.15) is 0 Å². The van der Waals surface area contributed by atoms with Gasteiger partial charge in [-0.2, -0.15) is 0 Å². The van der Waals surface area contributed by atoms with Crippen LogP contribution >= 0.6 is 0 Å². The lowest BCUT2D eigenvalue weighted by molar-refractivity contribution is -0.132. The van der Waals surface area contributed by atoms with Gasteiger partial charge in [-0.25, -0.2) is 5.48 Å². The second kappa shape index (κ2) is 4.90. The van der Waals surface area contributed by atoms with Crippen molar-refractivity contribution < 1.29 is 9.63 Å². The van der Waals surface area contributed by atoms with E-state index >= 15 is 0 Å². The number of amides is 1. The molecule has 0 aromatic carbocycles. The van der Waals surface area contributed by atoms with Crippen molar-refractivity contribution in [3.63, 3.8) is 0 Å². The lowest BCUT2D eigenvalue weighted by atomic mass is 10.2. The molecule has 0 spiro atoms. The summed E-state index contributed by atoms with van der Waals surface area (Å²) in [7, 11) is 1.44. The smallest absolute Gasteiger partial charge is 0.257 e. The first-order chi connectivity index (χ1) is 5.83. The average Bonchev–Trinajstić information content (AvgIpc) is 2.06. The van der Waals surface area contributed by atoms with E-state index in [-0.39, 0.29) is 5.91 Å². The molecule has 4 nitrogen and oxygen atoms in total. The molecule has 4 heteroatoms. The van der Waals surface area contributed by atoms with Crippen LogP contribution in [-0.2, 0) is 9.63 Å². The van der Waals surface area contributed by atoms with Crippen LogP contribution in [0.1, 0.15) is 6.42 Å². The Kier molecular flexibility index (Phi) is 3.76. The lowest BCUT2D eigenvalue weighted by Gasteiger charge is -2.21. The van der Waals surface area contributed by atoms with Crippen LogP contribution in [0.2, 0.25) is 0 Å². The first-order valence-corrected chi connectivity index (χ1v) is 4.02. The fourth-order valence-electron chi connectivity index (χ4n) is 1.18. The van der Waals surface area contributed by atoms with Crippen molar-refractivity contribution >= 4 is 5.91 Å². The molecule has 1 aliphatic heterocycles. The Morgan fingerprint density at radius 2 is 2.50 bits per heavy atom. The van der Waals surface area contributed by atoms with Gasteiger partial charge < -0.3 is 0 Å². The highest BCUT2D eigenvalue weighted by atomic mass is 16.6. The highest BCUT2D eigenvalue weighted by molar-refractivity contribution is 5.76. The molecule has 1 N–H and O–H groups in total. The van der Waals surface area contributed by atoms with Gasteiger partial charge in [0, 0.05) is 13.1 Å². The second-order valence-electron chi connectivity index (χ2n) is 2.72. The summed E-state index contributed by atoms with van der Waals surface area (Å²) in [6.07, 6.45) is 5.23. The molecule has 0 aromatic heterocycles. The van der Waals surface area contributed by atoms with Gasteiger partial charge in [0.2, 0.25) is 0 Å². The largest absolute Gasteiger partial charge is 0.290 e. The Bertz CT molecular complexity index is 180. The molecule has 1 heterocycles. The summed E-state index contributed by atoms with van der Waals surface area (Å²) < 4.78 is 0. The van der Waals surface area contributed by atoms with E-state index in [9.17, 15) is 4.79 Å². The third kappa shape index (κ3) is 3.02. The number of nitrogens with zero attached hydrogens (tertiary/aromatic N) is 1. The molecular weight excluding hydrogens is 156 g/mol. The zero-order valence-electron chi connectivity index (χ0n) is 7.25. The maximum atomic E-state index is 11.0. The Balaban J connectivity index is 2.21. The van der Waals surface area contributed by atoms with E-state index in [1.54, 1.807) is 0 Å². The summed E-state index contributed by atoms with van der Waals surface area (Å²) >= 11 is 0. The summed E-state index contributed by atoms with van der Waals surface area (Å²) in [6, 6.07) is 0. The molecule has 0 saturated heterocycles. The van der Waals surface area contributed by atoms with E-state index in [4.69, 9.17) is 0 Å². The number of carbonyl (C=O) groups excluding carboxylic acids is 1. The number of hydrogen-bond donors (Lipinski definition) is 1. The van der Waals surface area contributed by atoms with E-state index in [2.05, 4.69) is 27.4 Å².